The van der Waals surface area contributed by atoms with Crippen molar-refractivity contribution in [1.82, 2.24) is 22.2 Å². The quantitative estimate of drug-likeness (QED) is 0.0143. The van der Waals surface area contributed by atoms with Gasteiger partial charge in [0.1, 0.15) is 0 Å². The Labute approximate surface area is 489 Å². The van der Waals surface area contributed by atoms with Crippen LogP contribution in [0.2, 0.25) is 0 Å². The number of aliphatic hydroxyl groups excluding tert-OH is 1. The summed E-state index contributed by atoms with van der Waals surface area (Å²) in [5, 5.41) is 9.01. The fraction of sp³-hybridized carbons (Fsp3) is 1.00. The first-order chi connectivity index (χ1) is 40.2. The molecule has 0 bridgehead atoms. The van der Waals surface area contributed by atoms with Crippen molar-refractivity contribution in [2.75, 3.05) is 158 Å². The minimum absolute atomic E-state index is 0.480. The highest BCUT2D eigenvalue weighted by Crippen LogP contribution is 2.47. The summed E-state index contributed by atoms with van der Waals surface area (Å²) in [5.74, 6) is -5.24. The molecule has 524 valence electrons. The maximum absolute atomic E-state index is 12.9. The molecule has 45 nitrogen and oxygen atoms in total. The molecule has 14 unspecified atom stereocenters. The van der Waals surface area contributed by atoms with E-state index in [1.54, 1.807) is 0 Å². The number of nitrogens with one attached hydrogen (secondary N) is 4. The van der Waals surface area contributed by atoms with Crippen molar-refractivity contribution < 1.29 is 208 Å². The summed E-state index contributed by atoms with van der Waals surface area (Å²) in [6.07, 6.45) is 0. The van der Waals surface area contributed by atoms with Crippen LogP contribution in [0.3, 0.4) is 0 Å². The Morgan fingerprint density at radius 1 is 0.264 bits per heavy atom. The molecule has 0 saturated carbocycles. The lowest BCUT2D eigenvalue weighted by molar-refractivity contribution is -0.238. The number of phosphoric ester groups is 10. The van der Waals surface area contributed by atoms with Crippen LogP contribution in [-0.4, -0.2) is 168 Å². The van der Waals surface area contributed by atoms with Crippen LogP contribution < -0.4 is 71.1 Å². The molecule has 59 heteroatoms. The lowest BCUT2D eigenvalue weighted by Gasteiger charge is -2.29. The van der Waals surface area contributed by atoms with E-state index in [2.05, 4.69) is 86.0 Å². The Balaban J connectivity index is 4.61. The topological polar surface area (TPSA) is 665 Å². The van der Waals surface area contributed by atoms with Gasteiger partial charge in [0.15, 0.2) is 0 Å². The minimum atomic E-state index is -5.43. The third kappa shape index (κ3) is 50.7. The smallest absolute Gasteiger partial charge is 0.268 e. The summed E-state index contributed by atoms with van der Waals surface area (Å²) in [7, 11) is -53.1. The average molecular weight is 1490 g/mol. The van der Waals surface area contributed by atoms with Crippen molar-refractivity contribution in [3.8, 4) is 0 Å². The lowest BCUT2D eigenvalue weighted by atomic mass is 10.2. The highest BCUT2D eigenvalue weighted by Gasteiger charge is 2.24. The fourth-order valence-corrected chi connectivity index (χ4v) is 11.6. The summed E-state index contributed by atoms with van der Waals surface area (Å²) in [6, 6.07) is 0. The molecule has 6 N–H and O–H groups in total. The molecule has 0 fully saturated rings. The van der Waals surface area contributed by atoms with Crippen LogP contribution in [0.5, 0.6) is 0 Å². The molecular formula is C28H58F4N4O41P10-10. The number of phosphoric acid groups is 10. The second-order valence-electron chi connectivity index (χ2n) is 15.6. The first-order valence-electron chi connectivity index (χ1n) is 23.2. The van der Waals surface area contributed by atoms with E-state index in [4.69, 9.17) is 10.00 Å². The number of hydrogen-bond donors (Lipinski definition) is 6. The van der Waals surface area contributed by atoms with Gasteiger partial charge in [-0.2, -0.15) is 22.2 Å². The molecule has 0 rings (SSSR count). The maximum atomic E-state index is 12.9. The Morgan fingerprint density at radius 2 is 0.402 bits per heavy atom. The van der Waals surface area contributed by atoms with Gasteiger partial charge < -0.3 is 145 Å². The predicted octanol–water partition coefficient (Wildman–Crippen LogP) is -5.67. The van der Waals surface area contributed by atoms with E-state index in [1.807, 2.05) is 0 Å². The van der Waals surface area contributed by atoms with Crippen LogP contribution in [0.1, 0.15) is 0 Å². The van der Waals surface area contributed by atoms with Gasteiger partial charge in [-0.25, -0.2) is 0 Å². The van der Waals surface area contributed by atoms with Crippen molar-refractivity contribution in [3.63, 3.8) is 0 Å². The highest BCUT2D eigenvalue weighted by molar-refractivity contribution is 7.48. The van der Waals surface area contributed by atoms with E-state index < -0.39 is 260 Å². The third-order valence-corrected chi connectivity index (χ3v) is 17.8. The van der Waals surface area contributed by atoms with E-state index >= 15 is 0 Å². The highest BCUT2D eigenvalue weighted by atomic mass is 31.2. The van der Waals surface area contributed by atoms with Gasteiger partial charge in [0.25, 0.3) is 78.2 Å². The van der Waals surface area contributed by atoms with Crippen molar-refractivity contribution in [1.29, 1.82) is 0 Å². The summed E-state index contributed by atoms with van der Waals surface area (Å²) in [5.41, 5.74) is 4.41. The van der Waals surface area contributed by atoms with E-state index in [0.717, 1.165) is 16.6 Å². The normalized spacial score (nSPS) is 20.8. The molecule has 0 aromatic carbocycles. The zero-order valence-corrected chi connectivity index (χ0v) is 53.0. The summed E-state index contributed by atoms with van der Waals surface area (Å²) < 4.78 is 251. The van der Waals surface area contributed by atoms with Crippen LogP contribution in [0.15, 0.2) is 0 Å². The van der Waals surface area contributed by atoms with E-state index in [9.17, 15) is 113 Å². The first-order valence-corrected chi connectivity index (χ1v) is 37.8. The zero-order chi connectivity index (χ0) is 66.5. The molecule has 87 heavy (non-hydrogen) atoms. The standard InChI is InChI=1S/C28H68F4N4O41P10/c29-33-13-25(17-37)18-72-82(47,48)65-9-10-68-85(53,54)75-23-28(16-36-32)24-77-87(57,58)70-12-11-69-86(55,56)76-22-27(15-35-31)21-74-84(51,52)67-8-6-64-81(45,46)62-4-2-60-79(41,42)59-1-3-61-80(43,44)63-5-7-66-83(49,50)73-20-26(14-34-30)19-71-78(38,39)40/h25-28,33-37H,1-24H2,(H,41,42)(H,43,44)(H,45,46)(H,47,48)(H,49,50)(H,51,52)(H,53,54)(H,55,56)(H,57,58)(H2,38,39,40)/p-10. The number of halogens is 4. The summed E-state index contributed by atoms with van der Waals surface area (Å²) in [4.78, 5) is 127. The largest absolute Gasteiger partial charge is 0.756 e. The first kappa shape index (κ1) is 87.6. The Bertz CT molecular complexity index is 2420. The molecule has 0 aromatic heterocycles. The molecule has 0 aromatic rings. The minimum Gasteiger partial charge on any atom is -0.756 e. The van der Waals surface area contributed by atoms with Gasteiger partial charge in [-0.3, -0.25) is 45.7 Å². The number of hydrogen-bond acceptors (Lipinski definition) is 44. The van der Waals surface area contributed by atoms with Crippen LogP contribution in [0.4, 0.5) is 17.9 Å². The molecule has 0 aliphatic heterocycles. The van der Waals surface area contributed by atoms with Gasteiger partial charge in [-0.05, 0) is 0 Å². The van der Waals surface area contributed by atoms with Gasteiger partial charge in [0.05, 0.1) is 126 Å². The van der Waals surface area contributed by atoms with Crippen LogP contribution in [-0.2, 0) is 132 Å². The molecule has 0 aliphatic rings. The van der Waals surface area contributed by atoms with E-state index in [1.165, 1.54) is 5.54 Å². The van der Waals surface area contributed by atoms with Gasteiger partial charge in [0.2, 0.25) is 0 Å². The molecule has 0 heterocycles. The lowest BCUT2D eigenvalue weighted by Crippen LogP contribution is -2.28. The molecular weight excluding hydrogens is 1430 g/mol. The van der Waals surface area contributed by atoms with Gasteiger partial charge >= 0.3 is 0 Å². The second-order valence-corrected chi connectivity index (χ2v) is 29.5. The molecule has 0 aliphatic carbocycles. The molecule has 14 atom stereocenters. The number of rotatable bonds is 60. The van der Waals surface area contributed by atoms with Crippen molar-refractivity contribution in [3.05, 3.63) is 0 Å². The molecule has 0 radical (unpaired) electrons. The Morgan fingerprint density at radius 3 is 0.552 bits per heavy atom. The van der Waals surface area contributed by atoms with E-state index in [0.29, 0.717) is 0 Å². The van der Waals surface area contributed by atoms with E-state index in [-0.39, 0.29) is 0 Å². The maximum Gasteiger partial charge on any atom is 0.268 e. The Kier molecular flexibility index (Phi) is 44.7. The van der Waals surface area contributed by atoms with Crippen molar-refractivity contribution in [2.24, 2.45) is 23.7 Å². The Hall–Kier alpha value is 0.620. The zero-order valence-electron chi connectivity index (χ0n) is 44.1. The van der Waals surface area contributed by atoms with Crippen molar-refractivity contribution in [2.45, 2.75) is 0 Å². The summed E-state index contributed by atoms with van der Waals surface area (Å²) in [6.45, 7) is -23.2. The number of aliphatic hydroxyl groups is 1. The van der Waals surface area contributed by atoms with Crippen LogP contribution in [0, 0.1) is 23.7 Å². The molecule has 0 saturated heterocycles. The van der Waals surface area contributed by atoms with Crippen molar-refractivity contribution >= 4 is 78.2 Å². The van der Waals surface area contributed by atoms with Gasteiger partial charge in [-0.1, -0.05) is 0 Å². The average Bonchev–Trinajstić information content (AvgIpc) is 3.64. The van der Waals surface area contributed by atoms with Gasteiger partial charge in [0, 0.05) is 56.5 Å². The SMILES string of the molecule is O=P([O-])(O)OCC(CNF)COP(=O)([O-])OCCOP(=O)([O-])OCCOP(=O)([O-])OCCOP(=O)([O-])OCCOP(=O)([O-])OCC(CNF)COP(=O)([O-])OCCOP(=O)([O-])OCC(CNF)COP(=O)([O-])OCCOP(=O)([O-])OCC(CO)CNF. The van der Waals surface area contributed by atoms with Crippen LogP contribution in [0.25, 0.3) is 0 Å². The molecule has 0 amide bonds. The second kappa shape index (κ2) is 44.4. The van der Waals surface area contributed by atoms with Crippen LogP contribution >= 0.6 is 78.2 Å². The molecule has 0 spiro atoms. The fourth-order valence-electron chi connectivity index (χ4n) is 4.61. The van der Waals surface area contributed by atoms with Gasteiger partial charge in [-0.15, -0.1) is 17.9 Å². The monoisotopic (exact) mass is 1490 g/mol. The predicted molar refractivity (Wildman–Crippen MR) is 249 cm³/mol. The third-order valence-electron chi connectivity index (χ3n) is 8.50. The summed E-state index contributed by atoms with van der Waals surface area (Å²) >= 11 is 0.